The topological polar surface area (TPSA) is 37.3 Å². The molecule has 0 aliphatic heterocycles. The van der Waals surface area contributed by atoms with Crippen molar-refractivity contribution >= 4 is 5.78 Å². The molecule has 2 unspecified atom stereocenters. The van der Waals surface area contributed by atoms with E-state index < -0.39 is 6.10 Å². The second-order valence-electron chi connectivity index (χ2n) is 4.63. The zero-order valence-corrected chi connectivity index (χ0v) is 9.65. The molecular formula is C14H18O2. The van der Waals surface area contributed by atoms with Crippen LogP contribution in [0, 0.1) is 0 Å². The van der Waals surface area contributed by atoms with Crippen LogP contribution in [0.15, 0.2) is 24.3 Å². The molecule has 0 amide bonds. The number of hydrogen-bond donors (Lipinski definition) is 1. The van der Waals surface area contributed by atoms with Crippen LogP contribution in [0.25, 0.3) is 0 Å². The van der Waals surface area contributed by atoms with Gasteiger partial charge in [-0.1, -0.05) is 24.3 Å². The molecule has 1 aromatic carbocycles. The van der Waals surface area contributed by atoms with Gasteiger partial charge in [0.05, 0.1) is 0 Å². The van der Waals surface area contributed by atoms with Gasteiger partial charge in [0, 0.05) is 6.42 Å². The fraction of sp³-hybridized carbons (Fsp3) is 0.500. The maximum absolute atomic E-state index is 11.6. The number of Topliss-reactive ketones (excluding diaryl/α,β-unsaturated/α-hetero) is 1. The Morgan fingerprint density at radius 1 is 1.50 bits per heavy atom. The van der Waals surface area contributed by atoms with Gasteiger partial charge in [-0.3, -0.25) is 4.79 Å². The van der Waals surface area contributed by atoms with Crippen LogP contribution in [0.4, 0.5) is 0 Å². The van der Waals surface area contributed by atoms with Crippen molar-refractivity contribution in [3.8, 4) is 0 Å². The standard InChI is InChI=1S/C14H18O2/c1-10(15)14(16)9-12-7-4-6-11-5-2-3-8-13(11)12/h2-3,5,8,10,12,15H,4,6-7,9H2,1H3. The number of carbonyl (C=O) groups is 1. The minimum absolute atomic E-state index is 0.0401. The minimum atomic E-state index is -0.825. The van der Waals surface area contributed by atoms with Gasteiger partial charge < -0.3 is 5.11 Å². The lowest BCUT2D eigenvalue weighted by Gasteiger charge is -2.25. The summed E-state index contributed by atoms with van der Waals surface area (Å²) in [5, 5.41) is 9.25. The van der Waals surface area contributed by atoms with Crippen molar-refractivity contribution in [2.75, 3.05) is 0 Å². The zero-order chi connectivity index (χ0) is 11.5. The van der Waals surface area contributed by atoms with Crippen LogP contribution >= 0.6 is 0 Å². The number of fused-ring (bicyclic) bond motifs is 1. The Hall–Kier alpha value is -1.15. The number of aliphatic hydroxyl groups is 1. The Balaban J connectivity index is 2.16. The Bertz CT molecular complexity index is 382. The molecule has 0 heterocycles. The first-order valence-electron chi connectivity index (χ1n) is 5.97. The number of carbonyl (C=O) groups excluding carboxylic acids is 1. The molecule has 1 aliphatic rings. The molecule has 0 aromatic heterocycles. The summed E-state index contributed by atoms with van der Waals surface area (Å²) in [4.78, 5) is 11.6. The molecule has 1 aromatic rings. The van der Waals surface area contributed by atoms with Crippen molar-refractivity contribution in [2.45, 2.75) is 44.6 Å². The molecule has 2 nitrogen and oxygen atoms in total. The molecule has 0 saturated heterocycles. The predicted molar refractivity (Wildman–Crippen MR) is 63.4 cm³/mol. The molecule has 2 heteroatoms. The summed E-state index contributed by atoms with van der Waals surface area (Å²) < 4.78 is 0. The Morgan fingerprint density at radius 2 is 2.25 bits per heavy atom. The molecule has 0 bridgehead atoms. The van der Waals surface area contributed by atoms with Crippen molar-refractivity contribution < 1.29 is 9.90 Å². The van der Waals surface area contributed by atoms with Crippen LogP contribution in [-0.4, -0.2) is 17.0 Å². The van der Waals surface area contributed by atoms with E-state index in [0.29, 0.717) is 12.3 Å². The molecule has 0 spiro atoms. The SMILES string of the molecule is CC(O)C(=O)CC1CCCc2ccccc21. The average Bonchev–Trinajstić information content (AvgIpc) is 2.29. The summed E-state index contributed by atoms with van der Waals surface area (Å²) in [6.45, 7) is 1.55. The molecule has 1 aliphatic carbocycles. The van der Waals surface area contributed by atoms with E-state index >= 15 is 0 Å². The van der Waals surface area contributed by atoms with Gasteiger partial charge in [-0.25, -0.2) is 0 Å². The molecule has 2 rings (SSSR count). The van der Waals surface area contributed by atoms with Crippen LogP contribution in [0.3, 0.4) is 0 Å². The fourth-order valence-corrected chi connectivity index (χ4v) is 2.48. The third-order valence-corrected chi connectivity index (χ3v) is 3.41. The normalized spacial score (nSPS) is 21.2. The molecule has 0 radical (unpaired) electrons. The second kappa shape index (κ2) is 4.79. The van der Waals surface area contributed by atoms with Gasteiger partial charge in [-0.05, 0) is 43.2 Å². The van der Waals surface area contributed by atoms with E-state index in [1.54, 1.807) is 6.92 Å². The molecule has 0 saturated carbocycles. The predicted octanol–water partition coefficient (Wildman–Crippen LogP) is 2.45. The van der Waals surface area contributed by atoms with Crippen molar-refractivity contribution in [3.63, 3.8) is 0 Å². The van der Waals surface area contributed by atoms with Gasteiger partial charge >= 0.3 is 0 Å². The highest BCUT2D eigenvalue weighted by atomic mass is 16.3. The van der Waals surface area contributed by atoms with Crippen molar-refractivity contribution in [1.29, 1.82) is 0 Å². The summed E-state index contributed by atoms with van der Waals surface area (Å²) in [5.74, 6) is 0.272. The Labute approximate surface area is 96.3 Å². The van der Waals surface area contributed by atoms with Gasteiger partial charge in [0.25, 0.3) is 0 Å². The summed E-state index contributed by atoms with van der Waals surface area (Å²) in [6.07, 6.45) is 2.99. The van der Waals surface area contributed by atoms with Gasteiger partial charge in [-0.2, -0.15) is 0 Å². The molecule has 16 heavy (non-hydrogen) atoms. The molecule has 1 N–H and O–H groups in total. The third-order valence-electron chi connectivity index (χ3n) is 3.41. The first kappa shape index (κ1) is 11.3. The molecule has 86 valence electrons. The Kier molecular flexibility index (Phi) is 3.39. The van der Waals surface area contributed by atoms with E-state index in [1.807, 2.05) is 6.07 Å². The summed E-state index contributed by atoms with van der Waals surface area (Å²) in [6, 6.07) is 8.35. The lowest BCUT2D eigenvalue weighted by Crippen LogP contribution is -2.21. The van der Waals surface area contributed by atoms with Crippen molar-refractivity contribution in [1.82, 2.24) is 0 Å². The van der Waals surface area contributed by atoms with E-state index in [4.69, 9.17) is 0 Å². The Morgan fingerprint density at radius 3 is 3.00 bits per heavy atom. The van der Waals surface area contributed by atoms with Gasteiger partial charge in [0.2, 0.25) is 0 Å². The first-order chi connectivity index (χ1) is 7.68. The van der Waals surface area contributed by atoms with Crippen LogP contribution in [-0.2, 0) is 11.2 Å². The fourth-order valence-electron chi connectivity index (χ4n) is 2.48. The first-order valence-corrected chi connectivity index (χ1v) is 5.97. The van der Waals surface area contributed by atoms with Gasteiger partial charge in [-0.15, -0.1) is 0 Å². The highest BCUT2D eigenvalue weighted by molar-refractivity contribution is 5.83. The van der Waals surface area contributed by atoms with Crippen molar-refractivity contribution in [2.24, 2.45) is 0 Å². The number of hydrogen-bond acceptors (Lipinski definition) is 2. The van der Waals surface area contributed by atoms with E-state index in [-0.39, 0.29) is 5.78 Å². The quantitative estimate of drug-likeness (QED) is 0.846. The summed E-state index contributed by atoms with van der Waals surface area (Å²) >= 11 is 0. The van der Waals surface area contributed by atoms with Crippen molar-refractivity contribution in [3.05, 3.63) is 35.4 Å². The summed E-state index contributed by atoms with van der Waals surface area (Å²) in [7, 11) is 0. The van der Waals surface area contributed by atoms with Crippen LogP contribution in [0.5, 0.6) is 0 Å². The maximum atomic E-state index is 11.6. The average molecular weight is 218 g/mol. The number of aliphatic hydroxyl groups excluding tert-OH is 1. The second-order valence-corrected chi connectivity index (χ2v) is 4.63. The van der Waals surface area contributed by atoms with Gasteiger partial charge in [0.1, 0.15) is 6.10 Å². The number of benzene rings is 1. The summed E-state index contributed by atoms with van der Waals surface area (Å²) in [5.41, 5.74) is 2.68. The van der Waals surface area contributed by atoms with E-state index in [9.17, 15) is 9.90 Å². The number of rotatable bonds is 3. The van der Waals surface area contributed by atoms with E-state index in [1.165, 1.54) is 11.1 Å². The smallest absolute Gasteiger partial charge is 0.161 e. The largest absolute Gasteiger partial charge is 0.386 e. The third kappa shape index (κ3) is 2.33. The lowest BCUT2D eigenvalue weighted by molar-refractivity contribution is -0.126. The molecular weight excluding hydrogens is 200 g/mol. The molecule has 2 atom stereocenters. The van der Waals surface area contributed by atoms with Crippen LogP contribution < -0.4 is 0 Å². The minimum Gasteiger partial charge on any atom is -0.386 e. The maximum Gasteiger partial charge on any atom is 0.161 e. The van der Waals surface area contributed by atoms with Crippen LogP contribution in [0.1, 0.15) is 43.2 Å². The lowest BCUT2D eigenvalue weighted by atomic mass is 9.80. The van der Waals surface area contributed by atoms with E-state index in [2.05, 4.69) is 18.2 Å². The number of ketones is 1. The number of aryl methyl sites for hydroxylation is 1. The van der Waals surface area contributed by atoms with Crippen LogP contribution in [0.2, 0.25) is 0 Å². The molecule has 0 fully saturated rings. The van der Waals surface area contributed by atoms with E-state index in [0.717, 1.165) is 19.3 Å². The zero-order valence-electron chi connectivity index (χ0n) is 9.65. The monoisotopic (exact) mass is 218 g/mol. The highest BCUT2D eigenvalue weighted by Crippen LogP contribution is 2.34. The van der Waals surface area contributed by atoms with Gasteiger partial charge in [0.15, 0.2) is 5.78 Å². The highest BCUT2D eigenvalue weighted by Gasteiger charge is 2.23.